The SMILES string of the molecule is CN(C)c1ccccc1-c1ccccc1/C=C/[N+](=O)[O-].CN(C)c1ccccc1-c1ccccc1/C=C/[N+](=O)[O-]. The molecule has 0 aromatic heterocycles. The number of benzene rings is 4. The first-order valence-electron chi connectivity index (χ1n) is 12.5. The minimum Gasteiger partial charge on any atom is -0.377 e. The number of hydrogen-bond acceptors (Lipinski definition) is 6. The average Bonchev–Trinajstić information content (AvgIpc) is 2.95. The molecule has 0 saturated carbocycles. The van der Waals surface area contributed by atoms with Crippen LogP contribution in [-0.4, -0.2) is 38.0 Å². The molecular weight excluding hydrogens is 504 g/mol. The van der Waals surface area contributed by atoms with Gasteiger partial charge in [0.05, 0.1) is 9.85 Å². The maximum Gasteiger partial charge on any atom is 0.235 e. The Morgan fingerprint density at radius 1 is 0.500 bits per heavy atom. The van der Waals surface area contributed by atoms with Crippen LogP contribution in [0.2, 0.25) is 0 Å². The van der Waals surface area contributed by atoms with Crippen molar-refractivity contribution in [2.75, 3.05) is 38.0 Å². The van der Waals surface area contributed by atoms with Crippen LogP contribution in [0.25, 0.3) is 34.4 Å². The van der Waals surface area contributed by atoms with Gasteiger partial charge in [-0.15, -0.1) is 0 Å². The summed E-state index contributed by atoms with van der Waals surface area (Å²) < 4.78 is 0. The summed E-state index contributed by atoms with van der Waals surface area (Å²) in [5.41, 5.74) is 7.90. The number of rotatable bonds is 8. The summed E-state index contributed by atoms with van der Waals surface area (Å²) in [5, 5.41) is 21.0. The summed E-state index contributed by atoms with van der Waals surface area (Å²) in [6, 6.07) is 31.3. The Bertz CT molecular complexity index is 1410. The van der Waals surface area contributed by atoms with Gasteiger partial charge in [0.1, 0.15) is 0 Å². The maximum absolute atomic E-state index is 10.5. The molecule has 0 aliphatic heterocycles. The molecule has 40 heavy (non-hydrogen) atoms. The fraction of sp³-hybridized carbons (Fsp3) is 0.125. The lowest BCUT2D eigenvalue weighted by molar-refractivity contribution is -0.401. The van der Waals surface area contributed by atoms with Crippen molar-refractivity contribution in [2.45, 2.75) is 0 Å². The van der Waals surface area contributed by atoms with Gasteiger partial charge in [-0.2, -0.15) is 0 Å². The van der Waals surface area contributed by atoms with E-state index in [2.05, 4.69) is 0 Å². The molecule has 0 unspecified atom stereocenters. The third kappa shape index (κ3) is 7.88. The van der Waals surface area contributed by atoms with Gasteiger partial charge in [0.25, 0.3) is 0 Å². The summed E-state index contributed by atoms with van der Waals surface area (Å²) in [7, 11) is 7.92. The maximum atomic E-state index is 10.5. The summed E-state index contributed by atoms with van der Waals surface area (Å²) in [5.74, 6) is 0. The lowest BCUT2D eigenvalue weighted by Gasteiger charge is -2.18. The van der Waals surface area contributed by atoms with Gasteiger partial charge in [-0.05, 0) is 34.4 Å². The highest BCUT2D eigenvalue weighted by Crippen LogP contribution is 2.33. The normalized spacial score (nSPS) is 10.7. The lowest BCUT2D eigenvalue weighted by atomic mass is 9.98. The van der Waals surface area contributed by atoms with Gasteiger partial charge in [0.2, 0.25) is 12.4 Å². The molecule has 0 fully saturated rings. The van der Waals surface area contributed by atoms with Gasteiger partial charge in [0, 0.05) is 62.8 Å². The fourth-order valence-electron chi connectivity index (χ4n) is 4.24. The molecule has 0 spiro atoms. The molecule has 0 saturated heterocycles. The summed E-state index contributed by atoms with van der Waals surface area (Å²) >= 11 is 0. The van der Waals surface area contributed by atoms with Crippen LogP contribution in [0.4, 0.5) is 11.4 Å². The van der Waals surface area contributed by atoms with Gasteiger partial charge in [-0.25, -0.2) is 0 Å². The van der Waals surface area contributed by atoms with Gasteiger partial charge >= 0.3 is 0 Å². The van der Waals surface area contributed by atoms with Crippen LogP contribution in [0.1, 0.15) is 11.1 Å². The van der Waals surface area contributed by atoms with Crippen molar-refractivity contribution in [3.63, 3.8) is 0 Å². The molecule has 0 N–H and O–H groups in total. The Hall–Kier alpha value is -5.24. The standard InChI is InChI=1S/2C16H16N2O2/c2*1-17(2)16-10-6-5-9-15(16)14-8-4-3-7-13(14)11-12-18(19)20/h2*3-12H,1-2H3/b2*12-11+. The Balaban J connectivity index is 0.000000220. The van der Waals surface area contributed by atoms with Crippen molar-refractivity contribution in [3.8, 4) is 22.3 Å². The summed E-state index contributed by atoms with van der Waals surface area (Å²) in [6.07, 6.45) is 5.00. The third-order valence-electron chi connectivity index (χ3n) is 6.03. The molecule has 0 atom stereocenters. The van der Waals surface area contributed by atoms with Crippen molar-refractivity contribution < 1.29 is 9.85 Å². The van der Waals surface area contributed by atoms with Gasteiger partial charge < -0.3 is 9.80 Å². The van der Waals surface area contributed by atoms with Crippen molar-refractivity contribution in [1.29, 1.82) is 0 Å². The van der Waals surface area contributed by atoms with E-state index in [0.29, 0.717) is 0 Å². The number of hydrogen-bond donors (Lipinski definition) is 0. The van der Waals surface area contributed by atoms with Crippen LogP contribution in [-0.2, 0) is 0 Å². The zero-order valence-corrected chi connectivity index (χ0v) is 23.0. The van der Waals surface area contributed by atoms with Crippen molar-refractivity contribution >= 4 is 23.5 Å². The predicted octanol–water partition coefficient (Wildman–Crippen LogP) is 7.33. The largest absolute Gasteiger partial charge is 0.377 e. The number of anilines is 2. The van der Waals surface area contributed by atoms with Crippen LogP contribution < -0.4 is 9.80 Å². The molecule has 4 aromatic rings. The van der Waals surface area contributed by atoms with E-state index in [-0.39, 0.29) is 0 Å². The monoisotopic (exact) mass is 536 g/mol. The van der Waals surface area contributed by atoms with Gasteiger partial charge in [0.15, 0.2) is 0 Å². The van der Waals surface area contributed by atoms with E-state index in [1.54, 1.807) is 0 Å². The Morgan fingerprint density at radius 3 is 1.12 bits per heavy atom. The second-order valence-electron chi connectivity index (χ2n) is 9.20. The first-order valence-corrected chi connectivity index (χ1v) is 12.5. The van der Waals surface area contributed by atoms with E-state index in [1.807, 2.05) is 135 Å². The Kier molecular flexibility index (Phi) is 10.3. The smallest absolute Gasteiger partial charge is 0.235 e. The van der Waals surface area contributed by atoms with Crippen LogP contribution in [0, 0.1) is 20.2 Å². The molecule has 204 valence electrons. The predicted molar refractivity (Wildman–Crippen MR) is 164 cm³/mol. The van der Waals surface area contributed by atoms with Crippen molar-refractivity contribution in [1.82, 2.24) is 0 Å². The van der Waals surface area contributed by atoms with Gasteiger partial charge in [-0.1, -0.05) is 84.9 Å². The molecule has 0 amide bonds. The van der Waals surface area contributed by atoms with Crippen LogP contribution in [0.5, 0.6) is 0 Å². The molecule has 4 rings (SSSR count). The summed E-state index contributed by atoms with van der Waals surface area (Å²) in [6.45, 7) is 0. The van der Waals surface area contributed by atoms with Crippen LogP contribution in [0.15, 0.2) is 109 Å². The second kappa shape index (κ2) is 14.1. The molecule has 8 nitrogen and oxygen atoms in total. The molecular formula is C32H32N4O4. The molecule has 8 heteroatoms. The first-order chi connectivity index (χ1) is 19.2. The van der Waals surface area contributed by atoms with E-state index in [0.717, 1.165) is 57.2 Å². The van der Waals surface area contributed by atoms with E-state index in [1.165, 1.54) is 12.2 Å². The highest BCUT2D eigenvalue weighted by atomic mass is 16.6. The van der Waals surface area contributed by atoms with Crippen LogP contribution in [0.3, 0.4) is 0 Å². The molecule has 0 radical (unpaired) electrons. The van der Waals surface area contributed by atoms with Crippen molar-refractivity contribution in [2.24, 2.45) is 0 Å². The van der Waals surface area contributed by atoms with Crippen LogP contribution >= 0.6 is 0 Å². The van der Waals surface area contributed by atoms with E-state index in [4.69, 9.17) is 0 Å². The Morgan fingerprint density at radius 2 is 0.800 bits per heavy atom. The second-order valence-corrected chi connectivity index (χ2v) is 9.20. The fourth-order valence-corrected chi connectivity index (χ4v) is 4.24. The van der Waals surface area contributed by atoms with E-state index in [9.17, 15) is 20.2 Å². The van der Waals surface area contributed by atoms with E-state index >= 15 is 0 Å². The quantitative estimate of drug-likeness (QED) is 0.173. The topological polar surface area (TPSA) is 92.8 Å². The third-order valence-corrected chi connectivity index (χ3v) is 6.03. The summed E-state index contributed by atoms with van der Waals surface area (Å²) in [4.78, 5) is 24.2. The molecule has 0 bridgehead atoms. The highest BCUT2D eigenvalue weighted by Gasteiger charge is 2.10. The van der Waals surface area contributed by atoms with Gasteiger partial charge in [-0.3, -0.25) is 20.2 Å². The average molecular weight is 537 g/mol. The first kappa shape index (κ1) is 29.3. The molecule has 0 heterocycles. The minimum absolute atomic E-state index is 0.450. The number of para-hydroxylation sites is 2. The molecule has 0 aliphatic rings. The highest BCUT2D eigenvalue weighted by molar-refractivity contribution is 5.85. The molecule has 4 aromatic carbocycles. The zero-order valence-electron chi connectivity index (χ0n) is 23.0. The van der Waals surface area contributed by atoms with E-state index < -0.39 is 9.85 Å². The lowest BCUT2D eigenvalue weighted by Crippen LogP contribution is -2.09. The number of nitro groups is 2. The molecule has 0 aliphatic carbocycles. The number of nitrogens with zero attached hydrogens (tertiary/aromatic N) is 4. The Labute approximate surface area is 234 Å². The minimum atomic E-state index is -0.450. The zero-order chi connectivity index (χ0) is 29.1. The van der Waals surface area contributed by atoms with Crippen molar-refractivity contribution in [3.05, 3.63) is 141 Å².